The number of ether oxygens (including phenoxy) is 2. The van der Waals surface area contributed by atoms with Crippen molar-refractivity contribution in [3.8, 4) is 5.75 Å². The summed E-state index contributed by atoms with van der Waals surface area (Å²) in [6.45, 7) is 4.95. The zero-order valence-electron chi connectivity index (χ0n) is 14.0. The number of nitrogens with zero attached hydrogens (tertiary/aromatic N) is 2. The topological polar surface area (TPSA) is 24.9 Å². The summed E-state index contributed by atoms with van der Waals surface area (Å²) in [7, 11) is 5.91. The first-order chi connectivity index (χ1) is 10.7. The van der Waals surface area contributed by atoms with Gasteiger partial charge in [0.2, 0.25) is 0 Å². The van der Waals surface area contributed by atoms with Gasteiger partial charge in [-0.15, -0.1) is 0 Å². The first-order valence-corrected chi connectivity index (χ1v) is 7.96. The lowest BCUT2D eigenvalue weighted by Gasteiger charge is -2.32. The number of benzene rings is 1. The van der Waals surface area contributed by atoms with Gasteiger partial charge in [0.25, 0.3) is 0 Å². The molecule has 122 valence electrons. The average molecular weight is 304 g/mol. The fraction of sp³-hybridized carbons (Fsp3) is 0.556. The van der Waals surface area contributed by atoms with Crippen LogP contribution >= 0.6 is 0 Å². The summed E-state index contributed by atoms with van der Waals surface area (Å²) in [4.78, 5) is 4.68. The second-order valence-corrected chi connectivity index (χ2v) is 6.02. The zero-order valence-corrected chi connectivity index (χ0v) is 14.0. The van der Waals surface area contributed by atoms with Crippen molar-refractivity contribution < 1.29 is 9.47 Å². The first kappa shape index (κ1) is 17.0. The van der Waals surface area contributed by atoms with Crippen LogP contribution in [0.4, 0.5) is 0 Å². The van der Waals surface area contributed by atoms with E-state index in [1.165, 1.54) is 5.56 Å². The highest BCUT2D eigenvalue weighted by Gasteiger charge is 2.19. The maximum absolute atomic E-state index is 5.84. The van der Waals surface area contributed by atoms with Crippen LogP contribution in [0.5, 0.6) is 5.75 Å². The second kappa shape index (κ2) is 8.93. The molecular formula is C18H28N2O2. The number of morpholine rings is 1. The molecule has 0 saturated carbocycles. The summed E-state index contributed by atoms with van der Waals surface area (Å²) in [6, 6.07) is 8.14. The highest BCUT2D eigenvalue weighted by molar-refractivity contribution is 5.50. The molecule has 4 nitrogen and oxygen atoms in total. The minimum Gasteiger partial charge on any atom is -0.497 e. The molecule has 2 rings (SSSR count). The minimum atomic E-state index is 0.366. The molecule has 1 fully saturated rings. The maximum atomic E-state index is 5.84. The van der Waals surface area contributed by atoms with Gasteiger partial charge in [-0.25, -0.2) is 0 Å². The predicted molar refractivity (Wildman–Crippen MR) is 91.4 cm³/mol. The summed E-state index contributed by atoms with van der Waals surface area (Å²) in [5, 5.41) is 0. The first-order valence-electron chi connectivity index (χ1n) is 7.96. The molecule has 1 aromatic carbocycles. The molecule has 0 radical (unpaired) electrons. The largest absolute Gasteiger partial charge is 0.497 e. The summed E-state index contributed by atoms with van der Waals surface area (Å²) in [5.74, 6) is 0.897. The number of methoxy groups -OCH3 is 1. The van der Waals surface area contributed by atoms with E-state index in [0.717, 1.165) is 45.0 Å². The van der Waals surface area contributed by atoms with Gasteiger partial charge in [0.05, 0.1) is 19.8 Å². The van der Waals surface area contributed by atoms with E-state index in [2.05, 4.69) is 48.2 Å². The van der Waals surface area contributed by atoms with Crippen molar-refractivity contribution in [3.63, 3.8) is 0 Å². The number of hydrogen-bond acceptors (Lipinski definition) is 4. The average Bonchev–Trinajstić information content (AvgIpc) is 2.54. The Morgan fingerprint density at radius 2 is 2.09 bits per heavy atom. The van der Waals surface area contributed by atoms with Gasteiger partial charge in [0.15, 0.2) is 0 Å². The Morgan fingerprint density at radius 3 is 2.77 bits per heavy atom. The van der Waals surface area contributed by atoms with Crippen LogP contribution in [0, 0.1) is 0 Å². The van der Waals surface area contributed by atoms with Crippen molar-refractivity contribution in [1.29, 1.82) is 0 Å². The van der Waals surface area contributed by atoms with Crippen molar-refractivity contribution in [1.82, 2.24) is 9.80 Å². The Hall–Kier alpha value is -1.36. The molecule has 0 amide bonds. The van der Waals surface area contributed by atoms with Crippen LogP contribution in [0.25, 0.3) is 6.08 Å². The molecule has 1 aliphatic heterocycles. The van der Waals surface area contributed by atoms with E-state index in [0.29, 0.717) is 6.10 Å². The van der Waals surface area contributed by atoms with Gasteiger partial charge >= 0.3 is 0 Å². The van der Waals surface area contributed by atoms with Crippen LogP contribution < -0.4 is 4.74 Å². The molecule has 0 N–H and O–H groups in total. The molecule has 4 heteroatoms. The standard InChI is InChI=1S/C18H28N2O2/c1-19(2)12-10-18-15-20(13-14-22-18)11-4-5-16-6-8-17(21-3)9-7-16/h4-9,18H,10-15H2,1-3H3/b5-4+. The van der Waals surface area contributed by atoms with Gasteiger partial charge in [-0.3, -0.25) is 4.90 Å². The van der Waals surface area contributed by atoms with Crippen LogP contribution in [0.3, 0.4) is 0 Å². The van der Waals surface area contributed by atoms with Crippen LogP contribution in [-0.4, -0.2) is 69.9 Å². The molecule has 1 heterocycles. The Morgan fingerprint density at radius 1 is 1.32 bits per heavy atom. The van der Waals surface area contributed by atoms with Crippen molar-refractivity contribution in [2.45, 2.75) is 12.5 Å². The van der Waals surface area contributed by atoms with Crippen molar-refractivity contribution in [2.75, 3.05) is 54.0 Å². The molecule has 22 heavy (non-hydrogen) atoms. The summed E-state index contributed by atoms with van der Waals surface area (Å²) in [5.41, 5.74) is 1.21. The molecule has 0 bridgehead atoms. The minimum absolute atomic E-state index is 0.366. The summed E-state index contributed by atoms with van der Waals surface area (Å²) in [6.07, 6.45) is 5.87. The zero-order chi connectivity index (χ0) is 15.8. The normalized spacial score (nSPS) is 19.9. The van der Waals surface area contributed by atoms with Crippen molar-refractivity contribution >= 4 is 6.08 Å². The molecule has 0 aliphatic carbocycles. The van der Waals surface area contributed by atoms with Gasteiger partial charge in [0.1, 0.15) is 5.75 Å². The van der Waals surface area contributed by atoms with Gasteiger partial charge < -0.3 is 14.4 Å². The Labute approximate surface area is 134 Å². The molecular weight excluding hydrogens is 276 g/mol. The van der Waals surface area contributed by atoms with E-state index in [-0.39, 0.29) is 0 Å². The third-order valence-corrected chi connectivity index (χ3v) is 3.91. The third kappa shape index (κ3) is 5.79. The molecule has 0 aromatic heterocycles. The second-order valence-electron chi connectivity index (χ2n) is 6.02. The van der Waals surface area contributed by atoms with Gasteiger partial charge in [-0.05, 0) is 38.2 Å². The Balaban J connectivity index is 1.76. The van der Waals surface area contributed by atoms with Crippen LogP contribution in [0.15, 0.2) is 30.3 Å². The molecule has 1 saturated heterocycles. The molecule has 0 spiro atoms. The fourth-order valence-corrected chi connectivity index (χ4v) is 2.58. The van der Waals surface area contributed by atoms with E-state index in [1.54, 1.807) is 7.11 Å². The lowest BCUT2D eigenvalue weighted by atomic mass is 10.2. The predicted octanol–water partition coefficient (Wildman–Crippen LogP) is 2.36. The number of rotatable bonds is 7. The summed E-state index contributed by atoms with van der Waals surface area (Å²) < 4.78 is 11.0. The van der Waals surface area contributed by atoms with E-state index in [1.807, 2.05) is 12.1 Å². The maximum Gasteiger partial charge on any atom is 0.118 e. The van der Waals surface area contributed by atoms with E-state index in [4.69, 9.17) is 9.47 Å². The van der Waals surface area contributed by atoms with Gasteiger partial charge in [-0.1, -0.05) is 24.3 Å². The summed E-state index contributed by atoms with van der Waals surface area (Å²) >= 11 is 0. The third-order valence-electron chi connectivity index (χ3n) is 3.91. The van der Waals surface area contributed by atoms with Crippen LogP contribution in [-0.2, 0) is 4.74 Å². The van der Waals surface area contributed by atoms with Gasteiger partial charge in [-0.2, -0.15) is 0 Å². The Kier molecular flexibility index (Phi) is 6.90. The van der Waals surface area contributed by atoms with Crippen molar-refractivity contribution in [3.05, 3.63) is 35.9 Å². The van der Waals surface area contributed by atoms with E-state index < -0.39 is 0 Å². The van der Waals surface area contributed by atoms with E-state index in [9.17, 15) is 0 Å². The molecule has 1 atom stereocenters. The lowest BCUT2D eigenvalue weighted by molar-refractivity contribution is -0.0304. The molecule has 1 aromatic rings. The highest BCUT2D eigenvalue weighted by atomic mass is 16.5. The molecule has 1 unspecified atom stereocenters. The van der Waals surface area contributed by atoms with Crippen LogP contribution in [0.2, 0.25) is 0 Å². The Bertz CT molecular complexity index is 457. The fourth-order valence-electron chi connectivity index (χ4n) is 2.58. The number of hydrogen-bond donors (Lipinski definition) is 0. The van der Waals surface area contributed by atoms with Gasteiger partial charge in [0, 0.05) is 26.2 Å². The van der Waals surface area contributed by atoms with Crippen molar-refractivity contribution in [2.24, 2.45) is 0 Å². The van der Waals surface area contributed by atoms with Crippen LogP contribution in [0.1, 0.15) is 12.0 Å². The SMILES string of the molecule is COc1ccc(/C=C/CN2CCOC(CCN(C)C)C2)cc1. The smallest absolute Gasteiger partial charge is 0.118 e. The quantitative estimate of drug-likeness (QED) is 0.772. The highest BCUT2D eigenvalue weighted by Crippen LogP contribution is 2.13. The van der Waals surface area contributed by atoms with E-state index >= 15 is 0 Å². The molecule has 1 aliphatic rings. The lowest BCUT2D eigenvalue weighted by Crippen LogP contribution is -2.43. The monoisotopic (exact) mass is 304 g/mol.